The van der Waals surface area contributed by atoms with Gasteiger partial charge in [-0.3, -0.25) is 15.5 Å². The Morgan fingerprint density at radius 2 is 2.18 bits per heavy atom. The van der Waals surface area contributed by atoms with E-state index in [-0.39, 0.29) is 17.6 Å². The van der Waals surface area contributed by atoms with Crippen LogP contribution in [-0.4, -0.2) is 53.7 Å². The number of hydrogen-bond donors (Lipinski definition) is 4. The van der Waals surface area contributed by atoms with E-state index in [1.165, 1.54) is 19.3 Å². The van der Waals surface area contributed by atoms with Gasteiger partial charge in [0.2, 0.25) is 5.91 Å². The third-order valence-corrected chi connectivity index (χ3v) is 2.64. The molecular weight excluding hydrogens is 290 g/mol. The molecule has 0 saturated carbocycles. The molecule has 0 aromatic heterocycles. The Labute approximate surface area is 127 Å². The molecule has 1 saturated heterocycles. The van der Waals surface area contributed by atoms with E-state index >= 15 is 0 Å². The van der Waals surface area contributed by atoms with E-state index in [9.17, 15) is 14.7 Å². The number of methoxy groups -OCH3 is 1. The summed E-state index contributed by atoms with van der Waals surface area (Å²) in [6, 6.07) is 4.59. The van der Waals surface area contributed by atoms with Crippen LogP contribution in [0.4, 0.5) is 0 Å². The Morgan fingerprint density at radius 1 is 1.50 bits per heavy atom. The fourth-order valence-electron chi connectivity index (χ4n) is 1.53. The number of likely N-dealkylation sites (N-methyl/N-ethyl adjacent to an activating group) is 1. The van der Waals surface area contributed by atoms with Crippen molar-refractivity contribution in [3.63, 3.8) is 0 Å². The number of nitrogens with zero attached hydrogens (tertiary/aromatic N) is 1. The van der Waals surface area contributed by atoms with E-state index in [4.69, 9.17) is 15.3 Å². The van der Waals surface area contributed by atoms with Gasteiger partial charge < -0.3 is 19.8 Å². The number of nitrogens with one attached hydrogen (secondary N) is 2. The molecule has 1 amide bonds. The quantitative estimate of drug-likeness (QED) is 0.602. The number of aliphatic carboxylic acids is 1. The number of rotatable bonds is 3. The number of carbonyl (C=O) groups excluding carboxylic acids is 1. The molecule has 1 aromatic rings. The SMILES string of the molecule is CN1CC(=O)NC1=N.COc1cc(C=CC(=O)O)ccc1O. The van der Waals surface area contributed by atoms with Crippen LogP contribution in [0.5, 0.6) is 11.5 Å². The first kappa shape index (κ1) is 17.0. The lowest BCUT2D eigenvalue weighted by Gasteiger charge is -2.03. The second kappa shape index (κ2) is 7.67. The summed E-state index contributed by atoms with van der Waals surface area (Å²) in [5.41, 5.74) is 0.655. The van der Waals surface area contributed by atoms with Crippen LogP contribution in [-0.2, 0) is 9.59 Å². The smallest absolute Gasteiger partial charge is 0.328 e. The molecule has 8 nitrogen and oxygen atoms in total. The van der Waals surface area contributed by atoms with Gasteiger partial charge in [-0.05, 0) is 23.8 Å². The highest BCUT2D eigenvalue weighted by molar-refractivity contribution is 6.02. The first-order valence-electron chi connectivity index (χ1n) is 6.21. The molecule has 8 heteroatoms. The topological polar surface area (TPSA) is 123 Å². The molecule has 2 rings (SSSR count). The standard InChI is InChI=1S/C10H10O4.C4H7N3O/c1-14-9-6-7(2-4-8(9)11)3-5-10(12)13;1-7-2-3(8)6-4(7)5/h2-6,11H,1H3,(H,12,13);2H2,1H3,(H2,5,6,8). The third-order valence-electron chi connectivity index (χ3n) is 2.64. The van der Waals surface area contributed by atoms with Crippen molar-refractivity contribution in [2.24, 2.45) is 0 Å². The van der Waals surface area contributed by atoms with E-state index in [0.717, 1.165) is 6.08 Å². The Bertz CT molecular complexity index is 612. The Balaban J connectivity index is 0.000000255. The molecule has 1 fully saturated rings. The highest BCUT2D eigenvalue weighted by Crippen LogP contribution is 2.26. The Kier molecular flexibility index (Phi) is 5.94. The summed E-state index contributed by atoms with van der Waals surface area (Å²) >= 11 is 0. The lowest BCUT2D eigenvalue weighted by Crippen LogP contribution is -2.25. The third kappa shape index (κ3) is 5.16. The van der Waals surface area contributed by atoms with Crippen molar-refractivity contribution in [2.45, 2.75) is 0 Å². The van der Waals surface area contributed by atoms with Gasteiger partial charge in [-0.15, -0.1) is 0 Å². The molecule has 1 aliphatic heterocycles. The number of carbonyl (C=O) groups is 2. The average Bonchev–Trinajstić information content (AvgIpc) is 2.75. The molecular formula is C14H17N3O5. The van der Waals surface area contributed by atoms with Crippen LogP contribution in [0, 0.1) is 5.41 Å². The number of benzene rings is 1. The maximum absolute atomic E-state index is 10.4. The summed E-state index contributed by atoms with van der Waals surface area (Å²) in [4.78, 5) is 22.1. The van der Waals surface area contributed by atoms with Gasteiger partial charge >= 0.3 is 5.97 Å². The Hall–Kier alpha value is -3.03. The molecule has 0 unspecified atom stereocenters. The Morgan fingerprint density at radius 3 is 2.59 bits per heavy atom. The first-order chi connectivity index (χ1) is 10.3. The van der Waals surface area contributed by atoms with E-state index in [2.05, 4.69) is 5.32 Å². The number of carboxylic acid groups (broad SMARTS) is 1. The van der Waals surface area contributed by atoms with Crippen molar-refractivity contribution < 1.29 is 24.5 Å². The maximum atomic E-state index is 10.4. The van der Waals surface area contributed by atoms with Crippen molar-refractivity contribution in [3.05, 3.63) is 29.8 Å². The second-order valence-corrected chi connectivity index (χ2v) is 4.36. The van der Waals surface area contributed by atoms with Gasteiger partial charge in [0.15, 0.2) is 17.5 Å². The molecule has 1 heterocycles. The molecule has 4 N–H and O–H groups in total. The van der Waals surface area contributed by atoms with Gasteiger partial charge in [-0.2, -0.15) is 0 Å². The molecule has 0 spiro atoms. The average molecular weight is 307 g/mol. The molecule has 0 radical (unpaired) electrons. The van der Waals surface area contributed by atoms with Gasteiger partial charge in [0.05, 0.1) is 13.7 Å². The van der Waals surface area contributed by atoms with E-state index in [1.807, 2.05) is 0 Å². The van der Waals surface area contributed by atoms with Crippen molar-refractivity contribution in [3.8, 4) is 11.5 Å². The van der Waals surface area contributed by atoms with Gasteiger partial charge in [-0.25, -0.2) is 4.79 Å². The maximum Gasteiger partial charge on any atom is 0.328 e. The molecule has 118 valence electrons. The van der Waals surface area contributed by atoms with Crippen LogP contribution in [0.25, 0.3) is 6.08 Å². The number of phenols is 1. The lowest BCUT2D eigenvalue weighted by atomic mass is 10.2. The monoisotopic (exact) mass is 307 g/mol. The number of phenolic OH excluding ortho intramolecular Hbond substituents is 1. The largest absolute Gasteiger partial charge is 0.504 e. The summed E-state index contributed by atoms with van der Waals surface area (Å²) in [5.74, 6) is -0.581. The van der Waals surface area contributed by atoms with Crippen molar-refractivity contribution in [1.82, 2.24) is 10.2 Å². The minimum absolute atomic E-state index is 0.0278. The lowest BCUT2D eigenvalue weighted by molar-refractivity contribution is -0.131. The summed E-state index contributed by atoms with van der Waals surface area (Å²) in [6.07, 6.45) is 2.44. The number of ether oxygens (including phenoxy) is 1. The highest BCUT2D eigenvalue weighted by atomic mass is 16.5. The van der Waals surface area contributed by atoms with Crippen LogP contribution >= 0.6 is 0 Å². The van der Waals surface area contributed by atoms with Crippen molar-refractivity contribution in [2.75, 3.05) is 20.7 Å². The van der Waals surface area contributed by atoms with E-state index < -0.39 is 5.97 Å². The van der Waals surface area contributed by atoms with E-state index in [0.29, 0.717) is 17.9 Å². The van der Waals surface area contributed by atoms with Crippen LogP contribution in [0.1, 0.15) is 5.56 Å². The van der Waals surface area contributed by atoms with Crippen LogP contribution < -0.4 is 10.1 Å². The number of amides is 1. The van der Waals surface area contributed by atoms with E-state index in [1.54, 1.807) is 24.1 Å². The van der Waals surface area contributed by atoms with Crippen LogP contribution in [0.15, 0.2) is 24.3 Å². The number of guanidine groups is 1. The number of carboxylic acids is 1. The molecule has 0 aliphatic carbocycles. The fourth-order valence-corrected chi connectivity index (χ4v) is 1.53. The highest BCUT2D eigenvalue weighted by Gasteiger charge is 2.18. The summed E-state index contributed by atoms with van der Waals surface area (Å²) in [5, 5.41) is 27.0. The normalized spacial score (nSPS) is 13.6. The molecule has 1 aromatic carbocycles. The van der Waals surface area contributed by atoms with Crippen LogP contribution in [0.3, 0.4) is 0 Å². The van der Waals surface area contributed by atoms with Crippen LogP contribution in [0.2, 0.25) is 0 Å². The van der Waals surface area contributed by atoms with Gasteiger partial charge in [0.25, 0.3) is 0 Å². The summed E-state index contributed by atoms with van der Waals surface area (Å²) in [7, 11) is 3.12. The molecule has 1 aliphatic rings. The summed E-state index contributed by atoms with van der Waals surface area (Å²) in [6.45, 7) is 0.318. The zero-order chi connectivity index (χ0) is 16.7. The molecule has 22 heavy (non-hydrogen) atoms. The second-order valence-electron chi connectivity index (χ2n) is 4.36. The number of aromatic hydroxyl groups is 1. The minimum atomic E-state index is -1.02. The van der Waals surface area contributed by atoms with Crippen molar-refractivity contribution in [1.29, 1.82) is 5.41 Å². The van der Waals surface area contributed by atoms with Gasteiger partial charge in [0.1, 0.15) is 0 Å². The van der Waals surface area contributed by atoms with Gasteiger partial charge in [0, 0.05) is 13.1 Å². The zero-order valence-corrected chi connectivity index (χ0v) is 12.2. The number of hydrogen-bond acceptors (Lipinski definition) is 5. The van der Waals surface area contributed by atoms with Crippen molar-refractivity contribution >= 4 is 23.9 Å². The predicted molar refractivity (Wildman–Crippen MR) is 79.8 cm³/mol. The van der Waals surface area contributed by atoms with Gasteiger partial charge in [-0.1, -0.05) is 6.07 Å². The molecule has 0 bridgehead atoms. The zero-order valence-electron chi connectivity index (χ0n) is 12.2. The predicted octanol–water partition coefficient (Wildman–Crippen LogP) is 0.481. The summed E-state index contributed by atoms with van der Waals surface area (Å²) < 4.78 is 4.86. The fraction of sp³-hybridized carbons (Fsp3) is 0.214. The first-order valence-corrected chi connectivity index (χ1v) is 6.21. The molecule has 0 atom stereocenters. The minimum Gasteiger partial charge on any atom is -0.504 e.